The van der Waals surface area contributed by atoms with Gasteiger partial charge in [0.05, 0.1) is 18.1 Å². The number of benzene rings is 1. The molecule has 6 heteroatoms. The van der Waals surface area contributed by atoms with Gasteiger partial charge in [0.25, 0.3) is 0 Å². The molecule has 24 heavy (non-hydrogen) atoms. The predicted molar refractivity (Wildman–Crippen MR) is 86.6 cm³/mol. The van der Waals surface area contributed by atoms with Crippen molar-refractivity contribution in [2.45, 2.75) is 37.8 Å². The van der Waals surface area contributed by atoms with Crippen molar-refractivity contribution < 1.29 is 18.7 Å². The number of ether oxygens (including phenoxy) is 1. The van der Waals surface area contributed by atoms with Crippen molar-refractivity contribution in [1.82, 2.24) is 10.2 Å². The molecule has 0 radical (unpaired) electrons. The van der Waals surface area contributed by atoms with E-state index < -0.39 is 12.0 Å². The second-order valence-electron chi connectivity index (χ2n) is 6.50. The Balaban J connectivity index is 1.77. The first-order valence-electron chi connectivity index (χ1n) is 8.47. The average Bonchev–Trinajstić information content (AvgIpc) is 3.09. The minimum atomic E-state index is -0.572. The van der Waals surface area contributed by atoms with Crippen LogP contribution in [-0.4, -0.2) is 43.0 Å². The highest BCUT2D eigenvalue weighted by Crippen LogP contribution is 2.37. The molecule has 0 bridgehead atoms. The van der Waals surface area contributed by atoms with E-state index in [1.54, 1.807) is 25.2 Å². The highest BCUT2D eigenvalue weighted by atomic mass is 19.1. The highest BCUT2D eigenvalue weighted by Gasteiger charge is 2.40. The molecule has 1 N–H and O–H groups in total. The normalized spacial score (nSPS) is 27.3. The Morgan fingerprint density at radius 3 is 2.88 bits per heavy atom. The zero-order valence-corrected chi connectivity index (χ0v) is 13.8. The van der Waals surface area contributed by atoms with Crippen molar-refractivity contribution in [3.63, 3.8) is 0 Å². The lowest BCUT2D eigenvalue weighted by Gasteiger charge is -2.38. The number of hydrogen-bond acceptors (Lipinski definition) is 3. The van der Waals surface area contributed by atoms with Gasteiger partial charge in [-0.15, -0.1) is 0 Å². The summed E-state index contributed by atoms with van der Waals surface area (Å²) >= 11 is 0. The molecule has 1 aromatic carbocycles. The smallest absolute Gasteiger partial charge is 0.225 e. The van der Waals surface area contributed by atoms with E-state index >= 15 is 0 Å². The zero-order valence-electron chi connectivity index (χ0n) is 13.8. The third-order valence-electron chi connectivity index (χ3n) is 4.95. The van der Waals surface area contributed by atoms with Crippen LogP contribution in [0, 0.1) is 11.7 Å². The quantitative estimate of drug-likeness (QED) is 0.917. The van der Waals surface area contributed by atoms with E-state index in [2.05, 4.69) is 5.32 Å². The molecule has 5 nitrogen and oxygen atoms in total. The summed E-state index contributed by atoms with van der Waals surface area (Å²) in [7, 11) is 1.64. The SMILES string of the molecule is CN1C(=O)CC[C@H](C(=O)NC[C@H]2CCCO2)[C@@H]1c1ccccc1F. The molecule has 0 unspecified atom stereocenters. The van der Waals surface area contributed by atoms with Gasteiger partial charge >= 0.3 is 0 Å². The number of nitrogens with one attached hydrogen (secondary N) is 1. The maximum absolute atomic E-state index is 14.3. The van der Waals surface area contributed by atoms with E-state index in [-0.39, 0.29) is 23.7 Å². The lowest BCUT2D eigenvalue weighted by Crippen LogP contribution is -2.47. The molecule has 0 spiro atoms. The number of halogens is 1. The molecule has 0 aromatic heterocycles. The Labute approximate surface area is 141 Å². The van der Waals surface area contributed by atoms with Crippen LogP contribution in [-0.2, 0) is 14.3 Å². The lowest BCUT2D eigenvalue weighted by molar-refractivity contribution is -0.141. The summed E-state index contributed by atoms with van der Waals surface area (Å²) in [6.45, 7) is 1.20. The van der Waals surface area contributed by atoms with Crippen molar-refractivity contribution in [2.75, 3.05) is 20.2 Å². The standard InChI is InChI=1S/C18H23FN2O3/c1-21-16(22)9-8-14(17(21)13-6-2-3-7-15(13)19)18(23)20-11-12-5-4-10-24-12/h2-3,6-7,12,14,17H,4-5,8-11H2,1H3,(H,20,23)/t12-,14+,17+/m1/s1. The Hall–Kier alpha value is -1.95. The maximum Gasteiger partial charge on any atom is 0.225 e. The van der Waals surface area contributed by atoms with Crippen molar-refractivity contribution >= 4 is 11.8 Å². The van der Waals surface area contributed by atoms with Crippen LogP contribution >= 0.6 is 0 Å². The number of piperidine rings is 1. The number of hydrogen-bond donors (Lipinski definition) is 1. The van der Waals surface area contributed by atoms with Crippen LogP contribution in [0.15, 0.2) is 24.3 Å². The third-order valence-corrected chi connectivity index (χ3v) is 4.95. The molecule has 2 aliphatic heterocycles. The monoisotopic (exact) mass is 334 g/mol. The van der Waals surface area contributed by atoms with Gasteiger partial charge in [-0.2, -0.15) is 0 Å². The molecule has 0 aliphatic carbocycles. The highest BCUT2D eigenvalue weighted by molar-refractivity contribution is 5.84. The van der Waals surface area contributed by atoms with Gasteiger partial charge in [0.2, 0.25) is 11.8 Å². The first-order chi connectivity index (χ1) is 11.6. The molecule has 130 valence electrons. The van der Waals surface area contributed by atoms with Gasteiger partial charge in [0.15, 0.2) is 0 Å². The van der Waals surface area contributed by atoms with Crippen LogP contribution in [0.1, 0.15) is 37.3 Å². The van der Waals surface area contributed by atoms with Crippen molar-refractivity contribution in [2.24, 2.45) is 5.92 Å². The molecule has 3 rings (SSSR count). The van der Waals surface area contributed by atoms with Crippen LogP contribution in [0.5, 0.6) is 0 Å². The molecular weight excluding hydrogens is 311 g/mol. The van der Waals surface area contributed by atoms with E-state index in [1.807, 2.05) is 0 Å². The van der Waals surface area contributed by atoms with Crippen molar-refractivity contribution in [3.05, 3.63) is 35.6 Å². The second kappa shape index (κ2) is 7.30. The van der Waals surface area contributed by atoms with Gasteiger partial charge in [0, 0.05) is 32.2 Å². The molecule has 2 amide bonds. The van der Waals surface area contributed by atoms with Gasteiger partial charge in [-0.1, -0.05) is 18.2 Å². The fourth-order valence-electron chi connectivity index (χ4n) is 3.60. The Bertz CT molecular complexity index is 616. The van der Waals surface area contributed by atoms with Crippen LogP contribution < -0.4 is 5.32 Å². The summed E-state index contributed by atoms with van der Waals surface area (Å²) in [5.41, 5.74) is 0.394. The van der Waals surface area contributed by atoms with E-state index in [1.165, 1.54) is 11.0 Å². The van der Waals surface area contributed by atoms with E-state index in [4.69, 9.17) is 4.74 Å². The van der Waals surface area contributed by atoms with E-state index in [0.29, 0.717) is 24.9 Å². The van der Waals surface area contributed by atoms with E-state index in [0.717, 1.165) is 19.4 Å². The first-order valence-corrected chi connectivity index (χ1v) is 8.47. The van der Waals surface area contributed by atoms with E-state index in [9.17, 15) is 14.0 Å². The molecule has 2 aliphatic rings. The number of amides is 2. The lowest BCUT2D eigenvalue weighted by atomic mass is 9.83. The second-order valence-corrected chi connectivity index (χ2v) is 6.50. The van der Waals surface area contributed by atoms with Crippen molar-refractivity contribution in [3.8, 4) is 0 Å². The maximum atomic E-state index is 14.3. The van der Waals surface area contributed by atoms with Gasteiger partial charge in [-0.05, 0) is 25.3 Å². The fourth-order valence-corrected chi connectivity index (χ4v) is 3.60. The van der Waals surface area contributed by atoms with Gasteiger partial charge in [0.1, 0.15) is 5.82 Å². The van der Waals surface area contributed by atoms with Crippen LogP contribution in [0.25, 0.3) is 0 Å². The molecular formula is C18H23FN2O3. The summed E-state index contributed by atoms with van der Waals surface area (Å²) < 4.78 is 19.8. The third kappa shape index (κ3) is 3.43. The molecule has 2 fully saturated rings. The summed E-state index contributed by atoms with van der Waals surface area (Å²) in [4.78, 5) is 26.2. The van der Waals surface area contributed by atoms with Crippen molar-refractivity contribution in [1.29, 1.82) is 0 Å². The van der Waals surface area contributed by atoms with Crippen LogP contribution in [0.2, 0.25) is 0 Å². The largest absolute Gasteiger partial charge is 0.376 e. The number of rotatable bonds is 4. The summed E-state index contributed by atoms with van der Waals surface area (Å²) in [6.07, 6.45) is 2.75. The Morgan fingerprint density at radius 2 is 2.17 bits per heavy atom. The summed E-state index contributed by atoms with van der Waals surface area (Å²) in [6, 6.07) is 5.78. The average molecular weight is 334 g/mol. The van der Waals surface area contributed by atoms with Crippen LogP contribution in [0.3, 0.4) is 0 Å². The van der Waals surface area contributed by atoms with Gasteiger partial charge in [-0.25, -0.2) is 4.39 Å². The number of carbonyl (C=O) groups is 2. The topological polar surface area (TPSA) is 58.6 Å². The fraction of sp³-hybridized carbons (Fsp3) is 0.556. The Morgan fingerprint density at radius 1 is 1.38 bits per heavy atom. The number of carbonyl (C=O) groups excluding carboxylic acids is 2. The summed E-state index contributed by atoms with van der Waals surface area (Å²) in [5.74, 6) is -1.04. The summed E-state index contributed by atoms with van der Waals surface area (Å²) in [5, 5.41) is 2.92. The molecule has 2 heterocycles. The van der Waals surface area contributed by atoms with Gasteiger partial charge < -0.3 is 15.0 Å². The zero-order chi connectivity index (χ0) is 17.1. The number of likely N-dealkylation sites (tertiary alicyclic amines) is 1. The molecule has 0 saturated carbocycles. The van der Waals surface area contributed by atoms with Gasteiger partial charge in [-0.3, -0.25) is 9.59 Å². The van der Waals surface area contributed by atoms with Crippen LogP contribution in [0.4, 0.5) is 4.39 Å². The predicted octanol–water partition coefficient (Wildman–Crippen LogP) is 2.03. The number of nitrogens with zero attached hydrogens (tertiary/aromatic N) is 1. The minimum absolute atomic E-state index is 0.0591. The molecule has 1 aromatic rings. The molecule has 3 atom stereocenters. The molecule has 2 saturated heterocycles. The minimum Gasteiger partial charge on any atom is -0.376 e. The first kappa shape index (κ1) is 16.9. The Kier molecular flexibility index (Phi) is 5.14.